The van der Waals surface area contributed by atoms with Gasteiger partial charge in [0.15, 0.2) is 11.6 Å². The van der Waals surface area contributed by atoms with Crippen LogP contribution in [-0.2, 0) is 4.79 Å². The second-order valence-corrected chi connectivity index (χ2v) is 4.67. The van der Waals surface area contributed by atoms with E-state index in [1.807, 2.05) is 0 Å². The summed E-state index contributed by atoms with van der Waals surface area (Å²) in [5.41, 5.74) is -2.61. The highest BCUT2D eigenvalue weighted by atomic mass is 19.2. The maximum atomic E-state index is 13.2. The van der Waals surface area contributed by atoms with Gasteiger partial charge < -0.3 is 10.4 Å². The summed E-state index contributed by atoms with van der Waals surface area (Å²) in [6.07, 6.45) is 2.54. The fourth-order valence-electron chi connectivity index (χ4n) is 1.69. The van der Waals surface area contributed by atoms with Crippen molar-refractivity contribution in [3.05, 3.63) is 51.2 Å². The number of ketones is 1. The van der Waals surface area contributed by atoms with E-state index >= 15 is 0 Å². The maximum Gasteiger partial charge on any atom is 0.341 e. The maximum absolute atomic E-state index is 13.2. The van der Waals surface area contributed by atoms with E-state index in [9.17, 15) is 28.5 Å². The van der Waals surface area contributed by atoms with E-state index in [0.717, 1.165) is 19.0 Å². The topological polar surface area (TPSA) is 110 Å². The Bertz CT molecular complexity index is 698. The number of rotatable bonds is 6. The molecule has 0 aromatic heterocycles. The van der Waals surface area contributed by atoms with E-state index < -0.39 is 45.1 Å². The van der Waals surface area contributed by atoms with Crippen LogP contribution >= 0.6 is 0 Å². The highest BCUT2D eigenvalue weighted by molar-refractivity contribution is 6.24. The molecule has 2 rings (SSSR count). The molecule has 0 atom stereocenters. The quantitative estimate of drug-likeness (QED) is 0.207. The number of carbonyl (C=O) groups excluding carboxylic acids is 1. The van der Waals surface area contributed by atoms with E-state index in [-0.39, 0.29) is 12.1 Å². The lowest BCUT2D eigenvalue weighted by atomic mass is 10.0. The highest BCUT2D eigenvalue weighted by Crippen LogP contribution is 2.25. The van der Waals surface area contributed by atoms with Gasteiger partial charge in [0.25, 0.3) is 5.69 Å². The highest BCUT2D eigenvalue weighted by Gasteiger charge is 2.29. The number of aliphatic carboxylic acids is 1. The van der Waals surface area contributed by atoms with Crippen molar-refractivity contribution in [2.75, 3.05) is 0 Å². The molecule has 2 N–H and O–H groups in total. The number of hydrogen-bond acceptors (Lipinski definition) is 5. The molecule has 0 saturated heterocycles. The summed E-state index contributed by atoms with van der Waals surface area (Å²) in [7, 11) is 0. The molecule has 0 bridgehead atoms. The van der Waals surface area contributed by atoms with E-state index in [4.69, 9.17) is 5.11 Å². The fraction of sp³-hybridized carbons (Fsp3) is 0.231. The van der Waals surface area contributed by atoms with Crippen molar-refractivity contribution in [1.82, 2.24) is 5.32 Å². The minimum Gasteiger partial charge on any atom is -0.477 e. The molecular formula is C13H10F2N2O5. The van der Waals surface area contributed by atoms with Crippen LogP contribution in [0.3, 0.4) is 0 Å². The van der Waals surface area contributed by atoms with Gasteiger partial charge in [0, 0.05) is 12.2 Å². The summed E-state index contributed by atoms with van der Waals surface area (Å²) in [5.74, 6) is -5.88. The lowest BCUT2D eigenvalue weighted by Gasteiger charge is -2.05. The summed E-state index contributed by atoms with van der Waals surface area (Å²) in [5, 5.41) is 22.5. The van der Waals surface area contributed by atoms with Gasteiger partial charge in [-0.15, -0.1) is 0 Å². The zero-order valence-corrected chi connectivity index (χ0v) is 11.0. The molecule has 1 saturated carbocycles. The largest absolute Gasteiger partial charge is 0.477 e. The average molecular weight is 312 g/mol. The molecule has 116 valence electrons. The third-order valence-corrected chi connectivity index (χ3v) is 3.00. The first-order valence-corrected chi connectivity index (χ1v) is 6.19. The van der Waals surface area contributed by atoms with E-state index in [0.29, 0.717) is 6.07 Å². The summed E-state index contributed by atoms with van der Waals surface area (Å²) < 4.78 is 26.3. The minimum absolute atomic E-state index is 0.0436. The fourth-order valence-corrected chi connectivity index (χ4v) is 1.69. The Morgan fingerprint density at radius 1 is 1.32 bits per heavy atom. The minimum atomic E-state index is -1.63. The lowest BCUT2D eigenvalue weighted by molar-refractivity contribution is -0.385. The Labute approximate surface area is 122 Å². The van der Waals surface area contributed by atoms with Crippen LogP contribution in [0.2, 0.25) is 0 Å². The molecule has 1 aliphatic rings. The third kappa shape index (κ3) is 3.25. The Balaban J connectivity index is 2.45. The molecule has 1 aromatic rings. The van der Waals surface area contributed by atoms with Gasteiger partial charge in [0.2, 0.25) is 5.78 Å². The summed E-state index contributed by atoms with van der Waals surface area (Å²) in [6, 6.07) is 0.613. The van der Waals surface area contributed by atoms with Crippen LogP contribution in [0.5, 0.6) is 0 Å². The van der Waals surface area contributed by atoms with Crippen molar-refractivity contribution in [3.8, 4) is 0 Å². The van der Waals surface area contributed by atoms with Crippen LogP contribution in [0.15, 0.2) is 23.9 Å². The predicted molar refractivity (Wildman–Crippen MR) is 69.2 cm³/mol. The van der Waals surface area contributed by atoms with Gasteiger partial charge in [0.1, 0.15) is 11.1 Å². The standard InChI is InChI=1S/C13H10F2N2O5/c14-9-3-7(11(17(21)22)4-10(9)15)12(18)8(13(19)20)5-16-6-1-2-6/h3-6,16H,1-2H2,(H,19,20)/b8-5-. The molecule has 9 heteroatoms. The first-order valence-electron chi connectivity index (χ1n) is 6.19. The van der Waals surface area contributed by atoms with Crippen LogP contribution in [-0.4, -0.2) is 27.8 Å². The normalized spacial score (nSPS) is 14.5. The van der Waals surface area contributed by atoms with Gasteiger partial charge in [-0.1, -0.05) is 0 Å². The first-order chi connectivity index (χ1) is 10.3. The van der Waals surface area contributed by atoms with Crippen molar-refractivity contribution < 1.29 is 28.4 Å². The Morgan fingerprint density at radius 2 is 1.91 bits per heavy atom. The molecule has 0 radical (unpaired) electrons. The molecule has 1 aliphatic carbocycles. The number of nitro benzene ring substituents is 1. The van der Waals surface area contributed by atoms with E-state index in [1.165, 1.54) is 0 Å². The Morgan fingerprint density at radius 3 is 2.41 bits per heavy atom. The number of nitro groups is 1. The van der Waals surface area contributed by atoms with Crippen LogP contribution in [0.4, 0.5) is 14.5 Å². The number of nitrogens with zero attached hydrogens (tertiary/aromatic N) is 1. The van der Waals surface area contributed by atoms with Crippen molar-refractivity contribution in [3.63, 3.8) is 0 Å². The summed E-state index contributed by atoms with van der Waals surface area (Å²) in [6.45, 7) is 0. The Hall–Kier alpha value is -2.84. The number of carboxylic acid groups (broad SMARTS) is 1. The van der Waals surface area contributed by atoms with E-state index in [2.05, 4.69) is 5.32 Å². The van der Waals surface area contributed by atoms with Crippen molar-refractivity contribution in [2.24, 2.45) is 0 Å². The number of hydrogen-bond donors (Lipinski definition) is 2. The second kappa shape index (κ2) is 5.88. The SMILES string of the molecule is O=C(O)/C(=C\NC1CC1)C(=O)c1cc(F)c(F)cc1[N+](=O)[O-]. The van der Waals surface area contributed by atoms with Crippen LogP contribution in [0.1, 0.15) is 23.2 Å². The predicted octanol–water partition coefficient (Wildman–Crippen LogP) is 1.78. The van der Waals surface area contributed by atoms with Gasteiger partial charge in [-0.05, 0) is 18.9 Å². The third-order valence-electron chi connectivity index (χ3n) is 3.00. The molecule has 22 heavy (non-hydrogen) atoms. The van der Waals surface area contributed by atoms with Crippen molar-refractivity contribution in [1.29, 1.82) is 0 Å². The smallest absolute Gasteiger partial charge is 0.341 e. The molecule has 1 fully saturated rings. The summed E-state index contributed by atoms with van der Waals surface area (Å²) >= 11 is 0. The van der Waals surface area contributed by atoms with Crippen molar-refractivity contribution >= 4 is 17.4 Å². The van der Waals surface area contributed by atoms with Gasteiger partial charge in [-0.2, -0.15) is 0 Å². The molecule has 0 unspecified atom stereocenters. The van der Waals surface area contributed by atoms with Gasteiger partial charge in [-0.25, -0.2) is 13.6 Å². The molecule has 0 heterocycles. The molecular weight excluding hydrogens is 302 g/mol. The molecule has 0 aliphatic heterocycles. The van der Waals surface area contributed by atoms with Crippen LogP contribution in [0, 0.1) is 21.7 Å². The first kappa shape index (κ1) is 15.5. The molecule has 0 amide bonds. The van der Waals surface area contributed by atoms with Gasteiger partial charge in [0.05, 0.1) is 11.0 Å². The Kier molecular flexibility index (Phi) is 4.15. The van der Waals surface area contributed by atoms with Crippen LogP contribution in [0.25, 0.3) is 0 Å². The molecule has 1 aromatic carbocycles. The van der Waals surface area contributed by atoms with Crippen molar-refractivity contribution in [2.45, 2.75) is 18.9 Å². The average Bonchev–Trinajstić information content (AvgIpc) is 3.24. The molecule has 0 spiro atoms. The van der Waals surface area contributed by atoms with Crippen LogP contribution < -0.4 is 5.32 Å². The van der Waals surface area contributed by atoms with Gasteiger partial charge in [-0.3, -0.25) is 14.9 Å². The van der Waals surface area contributed by atoms with Gasteiger partial charge >= 0.3 is 5.97 Å². The lowest BCUT2D eigenvalue weighted by Crippen LogP contribution is -2.19. The number of Topliss-reactive ketones (excluding diaryl/α,β-unsaturated/α-hetero) is 1. The number of carbonyl (C=O) groups is 2. The second-order valence-electron chi connectivity index (χ2n) is 4.67. The monoisotopic (exact) mass is 312 g/mol. The summed E-state index contributed by atoms with van der Waals surface area (Å²) in [4.78, 5) is 33.0. The number of benzene rings is 1. The van der Waals surface area contributed by atoms with E-state index in [1.54, 1.807) is 0 Å². The number of carboxylic acids is 1. The number of nitrogens with one attached hydrogen (secondary N) is 1. The zero-order valence-electron chi connectivity index (χ0n) is 11.0. The number of halogens is 2. The zero-order chi connectivity index (χ0) is 16.4. The molecule has 7 nitrogen and oxygen atoms in total.